The second-order valence-electron chi connectivity index (χ2n) is 8.68. The number of aromatic nitrogens is 2. The number of benzene rings is 1. The lowest BCUT2D eigenvalue weighted by molar-refractivity contribution is -0.133. The van der Waals surface area contributed by atoms with Gasteiger partial charge in [-0.25, -0.2) is 4.98 Å². The van der Waals surface area contributed by atoms with E-state index in [0.717, 1.165) is 63.6 Å². The number of piperidine rings is 2. The molecule has 1 aromatic heterocycles. The largest absolute Gasteiger partial charge is 0.494 e. The monoisotopic (exact) mass is 410 g/mol. The molecule has 6 heteroatoms. The standard InChI is InChI=1S/C24H34N4O2/c29-24-4-1-2-12-28(24)18-21-5-7-23(8-6-21)30-15-3-11-27-13-9-20(10-14-27)16-22-17-25-19-26-22/h5-8,17,19-20H,1-4,9-16,18H2,(H,25,26). The molecule has 2 aliphatic heterocycles. The number of aromatic amines is 1. The summed E-state index contributed by atoms with van der Waals surface area (Å²) in [4.78, 5) is 23.8. The zero-order valence-electron chi connectivity index (χ0n) is 17.9. The Bertz CT molecular complexity index is 767. The molecule has 1 N–H and O–H groups in total. The number of carbonyl (C=O) groups excluding carboxylic acids is 1. The second kappa shape index (κ2) is 10.6. The van der Waals surface area contributed by atoms with Crippen LogP contribution in [0.5, 0.6) is 5.75 Å². The van der Waals surface area contributed by atoms with E-state index in [1.165, 1.54) is 37.2 Å². The van der Waals surface area contributed by atoms with Crippen LogP contribution < -0.4 is 4.74 Å². The van der Waals surface area contributed by atoms with E-state index in [1.54, 1.807) is 6.33 Å². The van der Waals surface area contributed by atoms with Gasteiger partial charge in [-0.3, -0.25) is 4.79 Å². The third kappa shape index (κ3) is 6.08. The van der Waals surface area contributed by atoms with E-state index in [4.69, 9.17) is 4.74 Å². The van der Waals surface area contributed by atoms with E-state index in [-0.39, 0.29) is 5.91 Å². The summed E-state index contributed by atoms with van der Waals surface area (Å²) in [5.41, 5.74) is 2.44. The van der Waals surface area contributed by atoms with Gasteiger partial charge in [-0.05, 0) is 75.2 Å². The Hall–Kier alpha value is -2.34. The first kappa shape index (κ1) is 20.9. The third-order valence-electron chi connectivity index (χ3n) is 6.38. The lowest BCUT2D eigenvalue weighted by atomic mass is 9.92. The number of H-pyrrole nitrogens is 1. The average Bonchev–Trinajstić information content (AvgIpc) is 3.28. The highest BCUT2D eigenvalue weighted by molar-refractivity contribution is 5.76. The van der Waals surface area contributed by atoms with Crippen molar-refractivity contribution < 1.29 is 9.53 Å². The highest BCUT2D eigenvalue weighted by atomic mass is 16.5. The Kier molecular flexibility index (Phi) is 7.40. The fourth-order valence-electron chi connectivity index (χ4n) is 4.54. The van der Waals surface area contributed by atoms with Crippen LogP contribution in [-0.2, 0) is 17.8 Å². The minimum Gasteiger partial charge on any atom is -0.494 e. The van der Waals surface area contributed by atoms with Gasteiger partial charge < -0.3 is 19.5 Å². The Morgan fingerprint density at radius 1 is 1.10 bits per heavy atom. The molecular weight excluding hydrogens is 376 g/mol. The Balaban J connectivity index is 1.10. The van der Waals surface area contributed by atoms with Crippen LogP contribution in [0, 0.1) is 5.92 Å². The maximum atomic E-state index is 12.0. The summed E-state index contributed by atoms with van der Waals surface area (Å²) in [7, 11) is 0. The molecule has 1 amide bonds. The molecule has 2 aromatic rings. The molecule has 0 radical (unpaired) electrons. The summed E-state index contributed by atoms with van der Waals surface area (Å²) in [5, 5.41) is 0. The van der Waals surface area contributed by atoms with Gasteiger partial charge >= 0.3 is 0 Å². The van der Waals surface area contributed by atoms with E-state index >= 15 is 0 Å². The zero-order valence-corrected chi connectivity index (χ0v) is 17.9. The van der Waals surface area contributed by atoms with E-state index in [9.17, 15) is 4.79 Å². The van der Waals surface area contributed by atoms with Gasteiger partial charge in [-0.15, -0.1) is 0 Å². The quantitative estimate of drug-likeness (QED) is 0.641. The molecule has 1 aromatic carbocycles. The first-order valence-electron chi connectivity index (χ1n) is 11.5. The number of nitrogens with zero attached hydrogens (tertiary/aromatic N) is 3. The number of rotatable bonds is 9. The number of nitrogens with one attached hydrogen (secondary N) is 1. The van der Waals surface area contributed by atoms with Crippen molar-refractivity contribution in [2.24, 2.45) is 5.92 Å². The fraction of sp³-hybridized carbons (Fsp3) is 0.583. The Morgan fingerprint density at radius 2 is 1.93 bits per heavy atom. The second-order valence-corrected chi connectivity index (χ2v) is 8.68. The number of amides is 1. The molecule has 162 valence electrons. The molecule has 0 unspecified atom stereocenters. The van der Waals surface area contributed by atoms with Crippen molar-refractivity contribution in [3.05, 3.63) is 48.0 Å². The normalized spacial score (nSPS) is 18.7. The molecular formula is C24H34N4O2. The topological polar surface area (TPSA) is 61.5 Å². The summed E-state index contributed by atoms with van der Waals surface area (Å²) >= 11 is 0. The Morgan fingerprint density at radius 3 is 2.67 bits per heavy atom. The smallest absolute Gasteiger partial charge is 0.222 e. The molecule has 4 rings (SSSR count). The molecule has 0 spiro atoms. The van der Waals surface area contributed by atoms with Crippen LogP contribution in [0.3, 0.4) is 0 Å². The number of ether oxygens (including phenoxy) is 1. The molecule has 0 saturated carbocycles. The van der Waals surface area contributed by atoms with Gasteiger partial charge in [0.1, 0.15) is 5.75 Å². The number of imidazole rings is 1. The highest BCUT2D eigenvalue weighted by Gasteiger charge is 2.20. The molecule has 30 heavy (non-hydrogen) atoms. The summed E-state index contributed by atoms with van der Waals surface area (Å²) in [6, 6.07) is 8.23. The van der Waals surface area contributed by atoms with Crippen molar-refractivity contribution >= 4 is 5.91 Å². The predicted molar refractivity (Wildman–Crippen MR) is 117 cm³/mol. The van der Waals surface area contributed by atoms with Crippen LogP contribution in [0.2, 0.25) is 0 Å². The van der Waals surface area contributed by atoms with Crippen molar-refractivity contribution in [1.29, 1.82) is 0 Å². The van der Waals surface area contributed by atoms with Crippen molar-refractivity contribution in [2.75, 3.05) is 32.8 Å². The molecule has 0 bridgehead atoms. The summed E-state index contributed by atoms with van der Waals surface area (Å²) in [6.07, 6.45) is 11.3. The van der Waals surface area contributed by atoms with Crippen LogP contribution in [0.25, 0.3) is 0 Å². The average molecular weight is 411 g/mol. The minimum absolute atomic E-state index is 0.284. The lowest BCUT2D eigenvalue weighted by Gasteiger charge is -2.31. The van der Waals surface area contributed by atoms with Crippen LogP contribution in [0.4, 0.5) is 0 Å². The number of likely N-dealkylation sites (tertiary alicyclic amines) is 2. The maximum Gasteiger partial charge on any atom is 0.222 e. The molecule has 0 atom stereocenters. The van der Waals surface area contributed by atoms with Gasteiger partial charge in [0.15, 0.2) is 0 Å². The summed E-state index contributed by atoms with van der Waals surface area (Å²) in [6.45, 7) is 5.82. The molecule has 6 nitrogen and oxygen atoms in total. The van der Waals surface area contributed by atoms with Gasteiger partial charge in [-0.1, -0.05) is 12.1 Å². The molecule has 2 fully saturated rings. The lowest BCUT2D eigenvalue weighted by Crippen LogP contribution is -2.35. The van der Waals surface area contributed by atoms with E-state index in [2.05, 4.69) is 27.0 Å². The zero-order chi connectivity index (χ0) is 20.6. The van der Waals surface area contributed by atoms with E-state index < -0.39 is 0 Å². The number of hydrogen-bond donors (Lipinski definition) is 1. The SMILES string of the molecule is O=C1CCCCN1Cc1ccc(OCCCN2CCC(Cc3cnc[nH]3)CC2)cc1. The Labute approximate surface area is 179 Å². The van der Waals surface area contributed by atoms with Crippen LogP contribution in [0.15, 0.2) is 36.8 Å². The van der Waals surface area contributed by atoms with Crippen molar-refractivity contribution in [3.63, 3.8) is 0 Å². The summed E-state index contributed by atoms with van der Waals surface area (Å²) < 4.78 is 5.94. The fourth-order valence-corrected chi connectivity index (χ4v) is 4.54. The molecule has 2 saturated heterocycles. The molecule has 2 aliphatic rings. The highest BCUT2D eigenvalue weighted by Crippen LogP contribution is 2.21. The van der Waals surface area contributed by atoms with Crippen LogP contribution in [-0.4, -0.2) is 58.5 Å². The van der Waals surface area contributed by atoms with Gasteiger partial charge in [0.2, 0.25) is 5.91 Å². The molecule has 3 heterocycles. The van der Waals surface area contributed by atoms with Crippen molar-refractivity contribution in [3.8, 4) is 5.75 Å². The van der Waals surface area contributed by atoms with Gasteiger partial charge in [0.25, 0.3) is 0 Å². The van der Waals surface area contributed by atoms with Crippen molar-refractivity contribution in [1.82, 2.24) is 19.8 Å². The van der Waals surface area contributed by atoms with Crippen LogP contribution >= 0.6 is 0 Å². The molecule has 0 aliphatic carbocycles. The number of carbonyl (C=O) groups is 1. The minimum atomic E-state index is 0.284. The maximum absolute atomic E-state index is 12.0. The van der Waals surface area contributed by atoms with Gasteiger partial charge in [-0.2, -0.15) is 0 Å². The first-order valence-corrected chi connectivity index (χ1v) is 11.5. The van der Waals surface area contributed by atoms with E-state index in [0.29, 0.717) is 6.42 Å². The summed E-state index contributed by atoms with van der Waals surface area (Å²) in [5.74, 6) is 1.98. The van der Waals surface area contributed by atoms with Gasteiger partial charge in [0, 0.05) is 37.9 Å². The van der Waals surface area contributed by atoms with E-state index in [1.807, 2.05) is 23.2 Å². The third-order valence-corrected chi connectivity index (χ3v) is 6.38. The van der Waals surface area contributed by atoms with Crippen molar-refractivity contribution in [2.45, 2.75) is 51.5 Å². The van der Waals surface area contributed by atoms with Crippen LogP contribution in [0.1, 0.15) is 49.8 Å². The predicted octanol–water partition coefficient (Wildman–Crippen LogP) is 3.65. The number of hydrogen-bond acceptors (Lipinski definition) is 4. The first-order chi connectivity index (χ1) is 14.8. The van der Waals surface area contributed by atoms with Gasteiger partial charge in [0.05, 0.1) is 12.9 Å².